The molecular weight excluding hydrogens is 455 g/mol. The zero-order valence-electron chi connectivity index (χ0n) is 16.4. The molecule has 0 aliphatic carbocycles. The standard InChI is InChI=1S/C20H19ClF3N3O3S/c1-30-13-17-12-26(31(28,29)18-4-2-3-15(21)9-18)7-8-27(17)16-6-5-14(11-25)19(10-16)20(22,23)24/h2-6,9-10,17H,7-8,12-13H2,1H3. The fourth-order valence-electron chi connectivity index (χ4n) is 3.54. The van der Waals surface area contributed by atoms with Gasteiger partial charge in [-0.15, -0.1) is 0 Å². The Morgan fingerprint density at radius 2 is 1.97 bits per heavy atom. The second kappa shape index (κ2) is 9.04. The number of nitrogens with zero attached hydrogens (tertiary/aromatic N) is 3. The molecule has 1 aliphatic rings. The van der Waals surface area contributed by atoms with Crippen molar-refractivity contribution in [3.05, 3.63) is 58.6 Å². The van der Waals surface area contributed by atoms with Gasteiger partial charge in [-0.25, -0.2) is 8.42 Å². The van der Waals surface area contributed by atoms with Crippen molar-refractivity contribution in [2.24, 2.45) is 0 Å². The molecule has 0 amide bonds. The Kier molecular flexibility index (Phi) is 6.81. The number of piperazine rings is 1. The summed E-state index contributed by atoms with van der Waals surface area (Å²) in [5, 5.41) is 9.29. The molecule has 2 aromatic rings. The molecule has 6 nitrogen and oxygen atoms in total. The van der Waals surface area contributed by atoms with Crippen molar-refractivity contribution in [1.29, 1.82) is 5.26 Å². The van der Waals surface area contributed by atoms with Gasteiger partial charge in [0.1, 0.15) is 0 Å². The summed E-state index contributed by atoms with van der Waals surface area (Å²) in [5.41, 5.74) is -1.26. The van der Waals surface area contributed by atoms with E-state index in [1.54, 1.807) is 17.0 Å². The van der Waals surface area contributed by atoms with Crippen molar-refractivity contribution in [2.75, 3.05) is 38.3 Å². The number of sulfonamides is 1. The third kappa shape index (κ3) is 4.96. The summed E-state index contributed by atoms with van der Waals surface area (Å²) in [7, 11) is -2.41. The molecule has 31 heavy (non-hydrogen) atoms. The lowest BCUT2D eigenvalue weighted by molar-refractivity contribution is -0.137. The quantitative estimate of drug-likeness (QED) is 0.661. The molecular formula is C20H19ClF3N3O3S. The van der Waals surface area contributed by atoms with Crippen LogP contribution in [0.25, 0.3) is 0 Å². The highest BCUT2D eigenvalue weighted by atomic mass is 35.5. The van der Waals surface area contributed by atoms with Crippen LogP contribution in [0.1, 0.15) is 11.1 Å². The van der Waals surface area contributed by atoms with Gasteiger partial charge in [-0.1, -0.05) is 17.7 Å². The molecule has 0 spiro atoms. The van der Waals surface area contributed by atoms with Crippen LogP contribution < -0.4 is 4.90 Å². The van der Waals surface area contributed by atoms with Crippen molar-refractivity contribution in [3.63, 3.8) is 0 Å². The van der Waals surface area contributed by atoms with Crippen LogP contribution in [0.5, 0.6) is 0 Å². The lowest BCUT2D eigenvalue weighted by Gasteiger charge is -2.42. The SMILES string of the molecule is COCC1CN(S(=O)(=O)c2cccc(Cl)c2)CCN1c1ccc(C#N)c(C(F)(F)F)c1. The summed E-state index contributed by atoms with van der Waals surface area (Å²) in [6.07, 6.45) is -4.68. The average Bonchev–Trinajstić information content (AvgIpc) is 2.73. The molecule has 0 aromatic heterocycles. The molecule has 1 saturated heterocycles. The van der Waals surface area contributed by atoms with E-state index in [0.717, 1.165) is 12.1 Å². The number of benzene rings is 2. The van der Waals surface area contributed by atoms with Gasteiger partial charge in [0.25, 0.3) is 0 Å². The summed E-state index contributed by atoms with van der Waals surface area (Å²) in [6, 6.07) is 10.4. The molecule has 0 N–H and O–H groups in total. The van der Waals surface area contributed by atoms with Crippen LogP contribution in [-0.2, 0) is 20.9 Å². The maximum atomic E-state index is 13.4. The Balaban J connectivity index is 1.92. The topological polar surface area (TPSA) is 73.6 Å². The summed E-state index contributed by atoms with van der Waals surface area (Å²) in [4.78, 5) is 1.71. The lowest BCUT2D eigenvalue weighted by Crippen LogP contribution is -2.56. The Morgan fingerprint density at radius 1 is 1.23 bits per heavy atom. The zero-order valence-corrected chi connectivity index (χ0v) is 18.0. The van der Waals surface area contributed by atoms with Crippen molar-refractivity contribution >= 4 is 27.3 Å². The monoisotopic (exact) mass is 473 g/mol. The van der Waals surface area contributed by atoms with E-state index in [-0.39, 0.29) is 41.8 Å². The summed E-state index contributed by atoms with van der Waals surface area (Å²) >= 11 is 5.92. The molecule has 1 heterocycles. The van der Waals surface area contributed by atoms with Crippen molar-refractivity contribution in [2.45, 2.75) is 17.1 Å². The minimum atomic E-state index is -4.68. The molecule has 0 radical (unpaired) electrons. The van der Waals surface area contributed by atoms with Crippen molar-refractivity contribution in [3.8, 4) is 6.07 Å². The van der Waals surface area contributed by atoms with E-state index in [4.69, 9.17) is 21.6 Å². The number of rotatable bonds is 5. The number of nitriles is 1. The molecule has 2 aromatic carbocycles. The first-order chi connectivity index (χ1) is 14.6. The van der Waals surface area contributed by atoms with Crippen LogP contribution >= 0.6 is 11.6 Å². The lowest BCUT2D eigenvalue weighted by atomic mass is 10.0. The van der Waals surface area contributed by atoms with Crippen LogP contribution in [-0.4, -0.2) is 52.1 Å². The average molecular weight is 474 g/mol. The number of methoxy groups -OCH3 is 1. The summed E-state index contributed by atoms with van der Waals surface area (Å²) in [6.45, 7) is 0.334. The van der Waals surface area contributed by atoms with E-state index in [1.165, 1.54) is 35.7 Å². The Morgan fingerprint density at radius 3 is 2.58 bits per heavy atom. The highest BCUT2D eigenvalue weighted by Gasteiger charge is 2.37. The molecule has 1 unspecified atom stereocenters. The first-order valence-corrected chi connectivity index (χ1v) is 11.0. The van der Waals surface area contributed by atoms with Crippen LogP contribution in [0.15, 0.2) is 47.4 Å². The molecule has 166 valence electrons. The van der Waals surface area contributed by atoms with E-state index < -0.39 is 33.4 Å². The van der Waals surface area contributed by atoms with Gasteiger partial charge >= 0.3 is 6.18 Å². The zero-order chi connectivity index (χ0) is 22.8. The molecule has 1 atom stereocenters. The maximum Gasteiger partial charge on any atom is 0.417 e. The van der Waals surface area contributed by atoms with Gasteiger partial charge in [-0.3, -0.25) is 0 Å². The first-order valence-electron chi connectivity index (χ1n) is 9.20. The summed E-state index contributed by atoms with van der Waals surface area (Å²) < 4.78 is 72.6. The van der Waals surface area contributed by atoms with Gasteiger partial charge in [0, 0.05) is 37.5 Å². The first kappa shape index (κ1) is 23.3. The van der Waals surface area contributed by atoms with Gasteiger partial charge < -0.3 is 9.64 Å². The van der Waals surface area contributed by atoms with Crippen molar-refractivity contribution < 1.29 is 26.3 Å². The van der Waals surface area contributed by atoms with E-state index in [0.29, 0.717) is 0 Å². The second-order valence-electron chi connectivity index (χ2n) is 6.96. The smallest absolute Gasteiger partial charge is 0.383 e. The van der Waals surface area contributed by atoms with Gasteiger partial charge in [0.05, 0.1) is 34.7 Å². The Hall–Kier alpha value is -2.32. The number of alkyl halides is 3. The normalized spacial score (nSPS) is 18.1. The van der Waals surface area contributed by atoms with E-state index in [2.05, 4.69) is 0 Å². The highest BCUT2D eigenvalue weighted by molar-refractivity contribution is 7.89. The van der Waals surface area contributed by atoms with Crippen LogP contribution in [0.4, 0.5) is 18.9 Å². The third-order valence-electron chi connectivity index (χ3n) is 5.00. The van der Waals surface area contributed by atoms with Crippen LogP contribution in [0.3, 0.4) is 0 Å². The molecule has 11 heteroatoms. The minimum Gasteiger partial charge on any atom is -0.383 e. The van der Waals surface area contributed by atoms with Gasteiger partial charge in [-0.05, 0) is 36.4 Å². The van der Waals surface area contributed by atoms with Gasteiger partial charge in [0.15, 0.2) is 0 Å². The fraction of sp³-hybridized carbons (Fsp3) is 0.350. The molecule has 1 fully saturated rings. The van der Waals surface area contributed by atoms with Crippen LogP contribution in [0.2, 0.25) is 5.02 Å². The molecule has 0 saturated carbocycles. The predicted octanol–water partition coefficient (Wildman–Crippen LogP) is 3.76. The second-order valence-corrected chi connectivity index (χ2v) is 9.34. The largest absolute Gasteiger partial charge is 0.417 e. The molecule has 3 rings (SSSR count). The summed E-state index contributed by atoms with van der Waals surface area (Å²) in [5.74, 6) is 0. The maximum absolute atomic E-state index is 13.4. The van der Waals surface area contributed by atoms with Gasteiger partial charge in [0.2, 0.25) is 10.0 Å². The minimum absolute atomic E-state index is 0.0179. The predicted molar refractivity (Wildman–Crippen MR) is 109 cm³/mol. The number of halogens is 4. The van der Waals surface area contributed by atoms with Gasteiger partial charge in [-0.2, -0.15) is 22.7 Å². The molecule has 1 aliphatic heterocycles. The Labute approximate surface area is 183 Å². The van der Waals surface area contributed by atoms with E-state index >= 15 is 0 Å². The van der Waals surface area contributed by atoms with Crippen molar-refractivity contribution in [1.82, 2.24) is 4.31 Å². The number of hydrogen-bond acceptors (Lipinski definition) is 5. The fourth-order valence-corrected chi connectivity index (χ4v) is 5.31. The van der Waals surface area contributed by atoms with E-state index in [9.17, 15) is 21.6 Å². The number of hydrogen-bond donors (Lipinski definition) is 0. The third-order valence-corrected chi connectivity index (χ3v) is 7.10. The molecule has 0 bridgehead atoms. The highest BCUT2D eigenvalue weighted by Crippen LogP contribution is 2.35. The number of ether oxygens (including phenoxy) is 1. The number of anilines is 1. The van der Waals surface area contributed by atoms with Crippen LogP contribution in [0, 0.1) is 11.3 Å². The van der Waals surface area contributed by atoms with E-state index in [1.807, 2.05) is 0 Å². The Bertz CT molecular complexity index is 1100.